The lowest BCUT2D eigenvalue weighted by Gasteiger charge is -2.13. The van der Waals surface area contributed by atoms with E-state index >= 15 is 0 Å². The average Bonchev–Trinajstić information content (AvgIpc) is 3.47. The Balaban J connectivity index is 1.24. The van der Waals surface area contributed by atoms with Crippen LogP contribution in [0.5, 0.6) is 0 Å². The molecule has 5 aromatic rings. The van der Waals surface area contributed by atoms with Crippen molar-refractivity contribution in [3.8, 4) is 11.1 Å². The van der Waals surface area contributed by atoms with Crippen molar-refractivity contribution in [3.63, 3.8) is 0 Å². The predicted octanol–water partition coefficient (Wildman–Crippen LogP) is 6.13. The van der Waals surface area contributed by atoms with Crippen LogP contribution >= 0.6 is 0 Å². The summed E-state index contributed by atoms with van der Waals surface area (Å²) in [6.07, 6.45) is 0. The summed E-state index contributed by atoms with van der Waals surface area (Å²) < 4.78 is 0. The lowest BCUT2D eigenvalue weighted by molar-refractivity contribution is 0.960. The molecule has 3 N–H and O–H groups in total. The van der Waals surface area contributed by atoms with Crippen LogP contribution in [-0.2, 0) is 0 Å². The van der Waals surface area contributed by atoms with Gasteiger partial charge < -0.3 is 16.0 Å². The SMILES string of the molecule is c1ccc(-c2ccc(Nc3nnc(Nc4ccc(C5=NCCN5)cc4)c4ccccc34)cc2)cc1. The van der Waals surface area contributed by atoms with E-state index in [1.807, 2.05) is 30.3 Å². The summed E-state index contributed by atoms with van der Waals surface area (Å²) in [6.45, 7) is 1.73. The summed E-state index contributed by atoms with van der Waals surface area (Å²) in [7, 11) is 0. The molecule has 0 amide bonds. The smallest absolute Gasteiger partial charge is 0.161 e. The fourth-order valence-corrected chi connectivity index (χ4v) is 4.24. The van der Waals surface area contributed by atoms with Crippen LogP contribution < -0.4 is 16.0 Å². The quantitative estimate of drug-likeness (QED) is 0.286. The van der Waals surface area contributed by atoms with E-state index in [0.29, 0.717) is 0 Å². The zero-order chi connectivity index (χ0) is 23.5. The molecule has 0 radical (unpaired) electrons. The molecule has 0 bridgehead atoms. The Bertz CT molecular complexity index is 1490. The van der Waals surface area contributed by atoms with Gasteiger partial charge in [-0.05, 0) is 47.5 Å². The van der Waals surface area contributed by atoms with Crippen LogP contribution in [0.3, 0.4) is 0 Å². The highest BCUT2D eigenvalue weighted by atomic mass is 15.2. The van der Waals surface area contributed by atoms with Crippen LogP contribution in [0.15, 0.2) is 108 Å². The van der Waals surface area contributed by atoms with Gasteiger partial charge in [0.05, 0.1) is 6.54 Å². The maximum atomic E-state index is 4.51. The Labute approximate surface area is 203 Å². The van der Waals surface area contributed by atoms with Crippen LogP contribution in [0.25, 0.3) is 21.9 Å². The van der Waals surface area contributed by atoms with Crippen molar-refractivity contribution in [2.75, 3.05) is 23.7 Å². The predicted molar refractivity (Wildman–Crippen MR) is 144 cm³/mol. The molecule has 0 atom stereocenters. The number of hydrogen-bond acceptors (Lipinski definition) is 6. The number of anilines is 4. The van der Waals surface area contributed by atoms with Gasteiger partial charge in [-0.3, -0.25) is 4.99 Å². The lowest BCUT2D eigenvalue weighted by atomic mass is 10.1. The Kier molecular flexibility index (Phi) is 5.53. The maximum Gasteiger partial charge on any atom is 0.161 e. The number of aliphatic imine (C=N–C) groups is 1. The topological polar surface area (TPSA) is 74.2 Å². The van der Waals surface area contributed by atoms with Crippen LogP contribution in [-0.4, -0.2) is 29.1 Å². The molecule has 170 valence electrons. The van der Waals surface area contributed by atoms with Crippen molar-refractivity contribution in [2.45, 2.75) is 0 Å². The standard InChI is InChI=1S/C29H24N6/c1-2-6-20(7-3-1)21-10-14-23(15-11-21)32-28-25-8-4-5-9-26(25)29(35-34-28)33-24-16-12-22(13-17-24)27-30-18-19-31-27/h1-17H,18-19H2,(H,30,31)(H,32,34)(H,33,35). The van der Waals surface area contributed by atoms with Crippen molar-refractivity contribution in [2.24, 2.45) is 4.99 Å². The third kappa shape index (κ3) is 4.42. The van der Waals surface area contributed by atoms with Crippen molar-refractivity contribution in [1.82, 2.24) is 15.5 Å². The molecule has 6 nitrogen and oxygen atoms in total. The Hall–Kier alpha value is -4.71. The number of hydrogen-bond donors (Lipinski definition) is 3. The van der Waals surface area contributed by atoms with E-state index in [0.717, 1.165) is 58.3 Å². The summed E-state index contributed by atoms with van der Waals surface area (Å²) in [6, 6.07) is 35.0. The van der Waals surface area contributed by atoms with Gasteiger partial charge in [-0.25, -0.2) is 0 Å². The molecule has 6 heteroatoms. The Morgan fingerprint density at radius 1 is 0.543 bits per heavy atom. The fraction of sp³-hybridized carbons (Fsp3) is 0.0690. The van der Waals surface area contributed by atoms with E-state index in [9.17, 15) is 0 Å². The number of aromatic nitrogens is 2. The highest BCUT2D eigenvalue weighted by Crippen LogP contribution is 2.30. The maximum absolute atomic E-state index is 4.51. The number of nitrogens with zero attached hydrogens (tertiary/aromatic N) is 3. The van der Waals surface area contributed by atoms with Crippen molar-refractivity contribution in [1.29, 1.82) is 0 Å². The zero-order valence-corrected chi connectivity index (χ0v) is 19.1. The second kappa shape index (κ2) is 9.27. The average molecular weight is 457 g/mol. The Morgan fingerprint density at radius 3 is 1.60 bits per heavy atom. The zero-order valence-electron chi connectivity index (χ0n) is 19.1. The van der Waals surface area contributed by atoms with Gasteiger partial charge in [0.2, 0.25) is 0 Å². The van der Waals surface area contributed by atoms with Gasteiger partial charge in [0.25, 0.3) is 0 Å². The molecular weight excluding hydrogens is 432 g/mol. The fourth-order valence-electron chi connectivity index (χ4n) is 4.24. The highest BCUT2D eigenvalue weighted by molar-refractivity contribution is 6.01. The Morgan fingerprint density at radius 2 is 1.06 bits per heavy atom. The van der Waals surface area contributed by atoms with Gasteiger partial charge in [-0.15, -0.1) is 10.2 Å². The minimum Gasteiger partial charge on any atom is -0.368 e. The number of fused-ring (bicyclic) bond motifs is 1. The molecule has 4 aromatic carbocycles. The van der Waals surface area contributed by atoms with Gasteiger partial charge in [-0.1, -0.05) is 66.7 Å². The molecule has 35 heavy (non-hydrogen) atoms. The van der Waals surface area contributed by atoms with E-state index in [4.69, 9.17) is 0 Å². The molecule has 0 aliphatic carbocycles. The minimum absolute atomic E-state index is 0.717. The van der Waals surface area contributed by atoms with E-state index in [1.165, 1.54) is 11.1 Å². The number of amidine groups is 1. The second-order valence-corrected chi connectivity index (χ2v) is 8.37. The molecule has 1 aliphatic rings. The highest BCUT2D eigenvalue weighted by Gasteiger charge is 2.11. The van der Waals surface area contributed by atoms with E-state index in [-0.39, 0.29) is 0 Å². The number of benzene rings is 4. The molecule has 0 fully saturated rings. The summed E-state index contributed by atoms with van der Waals surface area (Å²) in [5.74, 6) is 2.39. The van der Waals surface area contributed by atoms with Gasteiger partial charge in [-0.2, -0.15) is 0 Å². The monoisotopic (exact) mass is 456 g/mol. The van der Waals surface area contributed by atoms with Crippen LogP contribution in [0, 0.1) is 0 Å². The van der Waals surface area contributed by atoms with Crippen LogP contribution in [0.2, 0.25) is 0 Å². The van der Waals surface area contributed by atoms with E-state index in [1.54, 1.807) is 0 Å². The molecule has 0 saturated heterocycles. The van der Waals surface area contributed by atoms with Crippen molar-refractivity contribution in [3.05, 3.63) is 109 Å². The molecule has 1 aliphatic heterocycles. The van der Waals surface area contributed by atoms with Crippen molar-refractivity contribution >= 4 is 39.6 Å². The molecule has 1 aromatic heterocycles. The minimum atomic E-state index is 0.717. The molecule has 0 saturated carbocycles. The first kappa shape index (κ1) is 20.9. The molecule has 6 rings (SSSR count). The van der Waals surface area contributed by atoms with Crippen LogP contribution in [0.4, 0.5) is 23.0 Å². The number of nitrogens with one attached hydrogen (secondary N) is 3. The molecule has 0 unspecified atom stereocenters. The van der Waals surface area contributed by atoms with Gasteiger partial charge in [0.15, 0.2) is 11.6 Å². The van der Waals surface area contributed by atoms with Gasteiger partial charge >= 0.3 is 0 Å². The van der Waals surface area contributed by atoms with Gasteiger partial charge in [0, 0.05) is 34.3 Å². The molecular formula is C29H24N6. The lowest BCUT2D eigenvalue weighted by Crippen LogP contribution is -2.19. The molecule has 0 spiro atoms. The third-order valence-corrected chi connectivity index (χ3v) is 6.04. The van der Waals surface area contributed by atoms with Crippen molar-refractivity contribution < 1.29 is 0 Å². The van der Waals surface area contributed by atoms with E-state index in [2.05, 4.69) is 104 Å². The van der Waals surface area contributed by atoms with E-state index < -0.39 is 0 Å². The summed E-state index contributed by atoms with van der Waals surface area (Å²) in [5.41, 5.74) is 5.36. The summed E-state index contributed by atoms with van der Waals surface area (Å²) >= 11 is 0. The van der Waals surface area contributed by atoms with Crippen LogP contribution in [0.1, 0.15) is 5.56 Å². The molecule has 2 heterocycles. The first-order chi connectivity index (χ1) is 17.3. The number of rotatable bonds is 6. The van der Waals surface area contributed by atoms with Gasteiger partial charge in [0.1, 0.15) is 5.84 Å². The summed E-state index contributed by atoms with van der Waals surface area (Å²) in [4.78, 5) is 4.48. The first-order valence-electron chi connectivity index (χ1n) is 11.7. The second-order valence-electron chi connectivity index (χ2n) is 8.37. The normalized spacial score (nSPS) is 12.7. The first-order valence-corrected chi connectivity index (χ1v) is 11.7. The third-order valence-electron chi connectivity index (χ3n) is 6.04. The summed E-state index contributed by atoms with van der Waals surface area (Å²) in [5, 5.41) is 21.2. The largest absolute Gasteiger partial charge is 0.368 e.